The first-order valence-electron chi connectivity index (χ1n) is 7.88. The van der Waals surface area contributed by atoms with Crippen molar-refractivity contribution in [2.45, 2.75) is 18.7 Å². The van der Waals surface area contributed by atoms with Crippen LogP contribution in [0.2, 0.25) is 0 Å². The molecule has 4 rings (SSSR count). The van der Waals surface area contributed by atoms with E-state index in [0.29, 0.717) is 25.5 Å². The van der Waals surface area contributed by atoms with Gasteiger partial charge in [0.1, 0.15) is 0 Å². The van der Waals surface area contributed by atoms with Crippen molar-refractivity contribution < 1.29 is 13.9 Å². The molecule has 2 fully saturated rings. The minimum atomic E-state index is -0.0585. The minimum Gasteiger partial charge on any atom is -0.459 e. The molecule has 2 aliphatic heterocycles. The molecular weight excluding hydrogens is 294 g/mol. The summed E-state index contributed by atoms with van der Waals surface area (Å²) in [5.41, 5.74) is 1.23. The third-order valence-corrected chi connectivity index (χ3v) is 4.57. The fourth-order valence-corrected chi connectivity index (χ4v) is 3.40. The van der Waals surface area contributed by atoms with E-state index >= 15 is 0 Å². The molecule has 0 saturated carbocycles. The molecule has 6 nitrogen and oxygen atoms in total. The molecule has 0 spiro atoms. The van der Waals surface area contributed by atoms with Gasteiger partial charge in [-0.2, -0.15) is 0 Å². The fraction of sp³-hybridized carbons (Fsp3) is 0.412. The highest BCUT2D eigenvalue weighted by molar-refractivity contribution is 5.91. The number of carbonyl (C=O) groups is 1. The number of carbonyl (C=O) groups excluding carboxylic acids is 1. The molecule has 0 bridgehead atoms. The van der Waals surface area contributed by atoms with Gasteiger partial charge in [-0.05, 0) is 29.8 Å². The molecule has 0 aromatic carbocycles. The number of hydrogen-bond donors (Lipinski definition) is 0. The zero-order valence-electron chi connectivity index (χ0n) is 12.8. The first-order chi connectivity index (χ1) is 11.3. The molecule has 0 radical (unpaired) electrons. The topological polar surface area (TPSA) is 58.8 Å². The van der Waals surface area contributed by atoms with E-state index < -0.39 is 0 Å². The van der Waals surface area contributed by atoms with Crippen LogP contribution in [-0.4, -0.2) is 59.1 Å². The Hall–Kier alpha value is -2.18. The fourth-order valence-electron chi connectivity index (χ4n) is 3.40. The van der Waals surface area contributed by atoms with E-state index in [9.17, 15) is 4.79 Å². The number of aromatic nitrogens is 1. The van der Waals surface area contributed by atoms with Crippen molar-refractivity contribution in [1.82, 2.24) is 14.8 Å². The van der Waals surface area contributed by atoms with Crippen LogP contribution in [0.5, 0.6) is 0 Å². The number of ether oxygens (including phenoxy) is 1. The molecule has 2 atom stereocenters. The zero-order chi connectivity index (χ0) is 15.6. The Kier molecular flexibility index (Phi) is 3.85. The minimum absolute atomic E-state index is 0.0585. The van der Waals surface area contributed by atoms with Gasteiger partial charge in [-0.25, -0.2) is 0 Å². The molecule has 0 aliphatic carbocycles. The molecule has 120 valence electrons. The second kappa shape index (κ2) is 6.14. The number of nitrogens with zero attached hydrogens (tertiary/aromatic N) is 3. The van der Waals surface area contributed by atoms with Crippen LogP contribution in [-0.2, 0) is 11.3 Å². The standard InChI is InChI=1S/C17H19N3O3/c21-17(15-2-1-8-22-15)20-11-14-16(12-20)23-9-7-19(14)10-13-3-5-18-6-4-13/h1-6,8,14,16H,7,9-12H2/t14-,16+/m1/s1. The predicted octanol–water partition coefficient (Wildman–Crippen LogP) is 1.40. The Bertz CT molecular complexity index is 659. The molecule has 2 saturated heterocycles. The van der Waals surface area contributed by atoms with Crippen LogP contribution in [0.4, 0.5) is 0 Å². The molecule has 2 aliphatic rings. The summed E-state index contributed by atoms with van der Waals surface area (Å²) in [6, 6.07) is 7.75. The molecule has 0 unspecified atom stereocenters. The van der Waals surface area contributed by atoms with Gasteiger partial charge in [0.15, 0.2) is 5.76 Å². The third kappa shape index (κ3) is 2.87. The number of morpholine rings is 1. The van der Waals surface area contributed by atoms with Gasteiger partial charge in [-0.1, -0.05) is 0 Å². The monoisotopic (exact) mass is 313 g/mol. The van der Waals surface area contributed by atoms with E-state index in [4.69, 9.17) is 9.15 Å². The van der Waals surface area contributed by atoms with Crippen LogP contribution in [0.1, 0.15) is 16.1 Å². The number of likely N-dealkylation sites (tertiary alicyclic amines) is 1. The lowest BCUT2D eigenvalue weighted by Crippen LogP contribution is -2.50. The number of pyridine rings is 1. The van der Waals surface area contributed by atoms with Gasteiger partial charge < -0.3 is 14.1 Å². The van der Waals surface area contributed by atoms with E-state index in [0.717, 1.165) is 13.1 Å². The number of hydrogen-bond acceptors (Lipinski definition) is 5. The molecule has 0 N–H and O–H groups in total. The number of furan rings is 1. The summed E-state index contributed by atoms with van der Waals surface area (Å²) in [6.07, 6.45) is 5.23. The zero-order valence-corrected chi connectivity index (χ0v) is 12.8. The van der Waals surface area contributed by atoms with Crippen molar-refractivity contribution in [3.05, 3.63) is 54.2 Å². The van der Waals surface area contributed by atoms with Gasteiger partial charge in [0, 0.05) is 38.6 Å². The Morgan fingerprint density at radius 3 is 2.91 bits per heavy atom. The molecule has 1 amide bonds. The predicted molar refractivity (Wildman–Crippen MR) is 82.8 cm³/mol. The Balaban J connectivity index is 1.47. The highest BCUT2D eigenvalue weighted by atomic mass is 16.5. The van der Waals surface area contributed by atoms with Gasteiger partial charge in [0.2, 0.25) is 0 Å². The second-order valence-electron chi connectivity index (χ2n) is 5.99. The lowest BCUT2D eigenvalue weighted by Gasteiger charge is -2.36. The Morgan fingerprint density at radius 2 is 2.13 bits per heavy atom. The molecule has 4 heterocycles. The van der Waals surface area contributed by atoms with Crippen LogP contribution >= 0.6 is 0 Å². The largest absolute Gasteiger partial charge is 0.459 e. The third-order valence-electron chi connectivity index (χ3n) is 4.57. The number of amides is 1. The Labute approximate surface area is 134 Å². The SMILES string of the molecule is O=C(c1ccco1)N1C[C@@H]2OCCN(Cc3ccncc3)[C@@H]2C1. The maximum atomic E-state index is 12.5. The summed E-state index contributed by atoms with van der Waals surface area (Å²) in [4.78, 5) is 20.8. The van der Waals surface area contributed by atoms with Crippen molar-refractivity contribution in [2.24, 2.45) is 0 Å². The summed E-state index contributed by atoms with van der Waals surface area (Å²) in [5, 5.41) is 0. The van der Waals surface area contributed by atoms with Gasteiger partial charge in [0.25, 0.3) is 5.91 Å². The van der Waals surface area contributed by atoms with Crippen LogP contribution in [0.3, 0.4) is 0 Å². The van der Waals surface area contributed by atoms with E-state index in [2.05, 4.69) is 9.88 Å². The maximum absolute atomic E-state index is 12.5. The summed E-state index contributed by atoms with van der Waals surface area (Å²) < 4.78 is 11.1. The summed E-state index contributed by atoms with van der Waals surface area (Å²) in [5.74, 6) is 0.334. The molecule has 2 aromatic heterocycles. The Morgan fingerprint density at radius 1 is 1.26 bits per heavy atom. The summed E-state index contributed by atoms with van der Waals surface area (Å²) in [6.45, 7) is 3.74. The van der Waals surface area contributed by atoms with Crippen molar-refractivity contribution >= 4 is 5.91 Å². The average Bonchev–Trinajstić information content (AvgIpc) is 3.25. The molecule has 6 heteroatoms. The molecule has 23 heavy (non-hydrogen) atoms. The quantitative estimate of drug-likeness (QED) is 0.857. The first kappa shape index (κ1) is 14.4. The van der Waals surface area contributed by atoms with Crippen molar-refractivity contribution in [3.8, 4) is 0 Å². The first-order valence-corrected chi connectivity index (χ1v) is 7.88. The second-order valence-corrected chi connectivity index (χ2v) is 5.99. The number of fused-ring (bicyclic) bond motifs is 1. The van der Waals surface area contributed by atoms with Crippen LogP contribution in [0.25, 0.3) is 0 Å². The smallest absolute Gasteiger partial charge is 0.289 e. The highest BCUT2D eigenvalue weighted by Crippen LogP contribution is 2.25. The van der Waals surface area contributed by atoms with Crippen molar-refractivity contribution in [2.75, 3.05) is 26.2 Å². The molecule has 2 aromatic rings. The maximum Gasteiger partial charge on any atom is 0.289 e. The van der Waals surface area contributed by atoms with E-state index in [1.165, 1.54) is 11.8 Å². The van der Waals surface area contributed by atoms with E-state index in [1.807, 2.05) is 29.4 Å². The van der Waals surface area contributed by atoms with Gasteiger partial charge in [-0.3, -0.25) is 14.7 Å². The number of rotatable bonds is 3. The highest BCUT2D eigenvalue weighted by Gasteiger charge is 2.42. The van der Waals surface area contributed by atoms with Gasteiger partial charge >= 0.3 is 0 Å². The van der Waals surface area contributed by atoms with Crippen LogP contribution in [0.15, 0.2) is 47.3 Å². The van der Waals surface area contributed by atoms with Crippen LogP contribution in [0, 0.1) is 0 Å². The van der Waals surface area contributed by atoms with E-state index in [-0.39, 0.29) is 18.1 Å². The van der Waals surface area contributed by atoms with Gasteiger partial charge in [-0.15, -0.1) is 0 Å². The van der Waals surface area contributed by atoms with Crippen molar-refractivity contribution in [1.29, 1.82) is 0 Å². The summed E-state index contributed by atoms with van der Waals surface area (Å²) >= 11 is 0. The lowest BCUT2D eigenvalue weighted by atomic mass is 10.1. The average molecular weight is 313 g/mol. The molecular formula is C17H19N3O3. The lowest BCUT2D eigenvalue weighted by molar-refractivity contribution is -0.0503. The van der Waals surface area contributed by atoms with Gasteiger partial charge in [0.05, 0.1) is 25.0 Å². The van der Waals surface area contributed by atoms with E-state index in [1.54, 1.807) is 12.1 Å². The van der Waals surface area contributed by atoms with Crippen LogP contribution < -0.4 is 0 Å². The van der Waals surface area contributed by atoms with Crippen molar-refractivity contribution in [3.63, 3.8) is 0 Å². The summed E-state index contributed by atoms with van der Waals surface area (Å²) in [7, 11) is 0. The normalized spacial score (nSPS) is 24.6.